The van der Waals surface area contributed by atoms with E-state index in [9.17, 15) is 14.4 Å². The van der Waals surface area contributed by atoms with Crippen LogP contribution in [0.15, 0.2) is 18.2 Å². The highest BCUT2D eigenvalue weighted by Gasteiger charge is 2.19. The van der Waals surface area contributed by atoms with Gasteiger partial charge in [-0.15, -0.1) is 0 Å². The molecule has 0 unspecified atom stereocenters. The number of hydrogen-bond acceptors (Lipinski definition) is 3. The number of nitrogens with zero attached hydrogens (tertiary/aromatic N) is 1. The summed E-state index contributed by atoms with van der Waals surface area (Å²) in [6.45, 7) is 0.281. The fourth-order valence-corrected chi connectivity index (χ4v) is 1.91. The third-order valence-corrected chi connectivity index (χ3v) is 2.77. The highest BCUT2D eigenvalue weighted by Crippen LogP contribution is 2.24. The van der Waals surface area contributed by atoms with E-state index in [-0.39, 0.29) is 12.5 Å². The summed E-state index contributed by atoms with van der Waals surface area (Å²) in [5, 5.41) is 2.73. The lowest BCUT2D eigenvalue weighted by molar-refractivity contribution is -0.143. The van der Waals surface area contributed by atoms with Crippen LogP contribution in [-0.2, 0) is 27.3 Å². The topological polar surface area (TPSA) is 92.5 Å². The maximum Gasteiger partial charge on any atom is 0.311 e. The number of amides is 3. The van der Waals surface area contributed by atoms with Gasteiger partial charge in [0, 0.05) is 19.3 Å². The minimum absolute atomic E-state index is 0.0382. The molecule has 3 N–H and O–H groups in total. The first-order valence-corrected chi connectivity index (χ1v) is 5.44. The Bertz CT molecular complexity index is 539. The van der Waals surface area contributed by atoms with E-state index in [1.807, 2.05) is 6.07 Å². The molecule has 0 bridgehead atoms. The van der Waals surface area contributed by atoms with E-state index in [0.717, 1.165) is 16.8 Å². The van der Waals surface area contributed by atoms with Crippen LogP contribution in [0.25, 0.3) is 0 Å². The SMILES string of the molecule is CN(Cc1ccc2c(c1)CC(=O)N2)C(=O)C(N)=O. The van der Waals surface area contributed by atoms with Gasteiger partial charge >= 0.3 is 11.8 Å². The highest BCUT2D eigenvalue weighted by atomic mass is 16.2. The van der Waals surface area contributed by atoms with Gasteiger partial charge in [0.25, 0.3) is 0 Å². The first-order valence-electron chi connectivity index (χ1n) is 5.44. The van der Waals surface area contributed by atoms with E-state index in [1.54, 1.807) is 12.1 Å². The summed E-state index contributed by atoms with van der Waals surface area (Å²) in [7, 11) is 1.50. The quantitative estimate of drug-likeness (QED) is 0.698. The number of rotatable bonds is 2. The van der Waals surface area contributed by atoms with Crippen molar-refractivity contribution >= 4 is 23.4 Å². The molecule has 18 heavy (non-hydrogen) atoms. The van der Waals surface area contributed by atoms with E-state index < -0.39 is 11.8 Å². The number of primary amides is 1. The molecule has 6 nitrogen and oxygen atoms in total. The Hall–Kier alpha value is -2.37. The molecule has 1 aromatic rings. The molecule has 1 aromatic carbocycles. The molecule has 0 fully saturated rings. The summed E-state index contributed by atoms with van der Waals surface area (Å²) in [6, 6.07) is 5.44. The molecule has 0 atom stereocenters. The van der Waals surface area contributed by atoms with Crippen LogP contribution in [0.3, 0.4) is 0 Å². The van der Waals surface area contributed by atoms with Crippen molar-refractivity contribution in [3.8, 4) is 0 Å². The zero-order valence-corrected chi connectivity index (χ0v) is 9.90. The van der Waals surface area contributed by atoms with Crippen molar-refractivity contribution in [3.63, 3.8) is 0 Å². The number of carbonyl (C=O) groups excluding carboxylic acids is 3. The Kier molecular flexibility index (Phi) is 3.01. The number of benzene rings is 1. The maximum absolute atomic E-state index is 11.3. The van der Waals surface area contributed by atoms with Crippen LogP contribution in [0, 0.1) is 0 Å². The van der Waals surface area contributed by atoms with Crippen LogP contribution in [0.1, 0.15) is 11.1 Å². The van der Waals surface area contributed by atoms with Crippen molar-refractivity contribution in [2.45, 2.75) is 13.0 Å². The molecule has 1 heterocycles. The molecule has 0 aliphatic carbocycles. The van der Waals surface area contributed by atoms with E-state index in [0.29, 0.717) is 6.42 Å². The Morgan fingerprint density at radius 1 is 1.44 bits per heavy atom. The summed E-state index contributed by atoms with van der Waals surface area (Å²) in [5.41, 5.74) is 7.46. The second-order valence-electron chi connectivity index (χ2n) is 4.24. The van der Waals surface area contributed by atoms with E-state index in [1.165, 1.54) is 11.9 Å². The highest BCUT2D eigenvalue weighted by molar-refractivity contribution is 6.34. The van der Waals surface area contributed by atoms with Crippen molar-refractivity contribution < 1.29 is 14.4 Å². The van der Waals surface area contributed by atoms with Gasteiger partial charge in [0.2, 0.25) is 5.91 Å². The minimum Gasteiger partial charge on any atom is -0.361 e. The van der Waals surface area contributed by atoms with Crippen LogP contribution < -0.4 is 11.1 Å². The molecule has 6 heteroatoms. The number of anilines is 1. The molecule has 3 amide bonds. The van der Waals surface area contributed by atoms with Gasteiger partial charge in [-0.25, -0.2) is 0 Å². The average Bonchev–Trinajstić information content (AvgIpc) is 2.67. The second-order valence-corrected chi connectivity index (χ2v) is 4.24. The van der Waals surface area contributed by atoms with Crippen molar-refractivity contribution in [1.29, 1.82) is 0 Å². The Morgan fingerprint density at radius 2 is 2.17 bits per heavy atom. The van der Waals surface area contributed by atoms with E-state index in [4.69, 9.17) is 5.73 Å². The molecule has 0 aromatic heterocycles. The molecule has 0 saturated carbocycles. The van der Waals surface area contributed by atoms with Gasteiger partial charge in [-0.1, -0.05) is 12.1 Å². The molecular formula is C12H13N3O3. The van der Waals surface area contributed by atoms with Gasteiger partial charge in [0.1, 0.15) is 0 Å². The molecule has 94 valence electrons. The van der Waals surface area contributed by atoms with Gasteiger partial charge < -0.3 is 16.0 Å². The predicted molar refractivity (Wildman–Crippen MR) is 64.4 cm³/mol. The van der Waals surface area contributed by atoms with Crippen LogP contribution in [0.5, 0.6) is 0 Å². The Labute approximate surface area is 104 Å². The van der Waals surface area contributed by atoms with Crippen molar-refractivity contribution in [3.05, 3.63) is 29.3 Å². The van der Waals surface area contributed by atoms with Gasteiger partial charge in [-0.3, -0.25) is 14.4 Å². The lowest BCUT2D eigenvalue weighted by atomic mass is 10.1. The number of likely N-dealkylation sites (N-methyl/N-ethyl adjacent to an activating group) is 1. The Morgan fingerprint density at radius 3 is 2.83 bits per heavy atom. The monoisotopic (exact) mass is 247 g/mol. The molecule has 1 aliphatic rings. The molecule has 0 saturated heterocycles. The second kappa shape index (κ2) is 4.48. The largest absolute Gasteiger partial charge is 0.361 e. The predicted octanol–water partition coefficient (Wildman–Crippen LogP) is -0.375. The average molecular weight is 247 g/mol. The first-order chi connectivity index (χ1) is 8.47. The fourth-order valence-electron chi connectivity index (χ4n) is 1.91. The first kappa shape index (κ1) is 12.1. The third kappa shape index (κ3) is 2.32. The van der Waals surface area contributed by atoms with Crippen molar-refractivity contribution in [2.75, 3.05) is 12.4 Å². The molecule has 2 rings (SSSR count). The smallest absolute Gasteiger partial charge is 0.311 e. The summed E-state index contributed by atoms with van der Waals surface area (Å²) in [6.07, 6.45) is 0.344. The number of nitrogens with one attached hydrogen (secondary N) is 1. The standard InChI is InChI=1S/C12H13N3O3/c1-15(12(18)11(13)17)6-7-2-3-9-8(4-7)5-10(16)14-9/h2-4H,5-6H2,1H3,(H2,13,17)(H,14,16). The molecular weight excluding hydrogens is 234 g/mol. The third-order valence-electron chi connectivity index (χ3n) is 2.77. The van der Waals surface area contributed by atoms with Gasteiger partial charge in [0.05, 0.1) is 6.42 Å². The zero-order chi connectivity index (χ0) is 13.3. The fraction of sp³-hybridized carbons (Fsp3) is 0.250. The summed E-state index contributed by atoms with van der Waals surface area (Å²) in [4.78, 5) is 34.5. The number of fused-ring (bicyclic) bond motifs is 1. The van der Waals surface area contributed by atoms with E-state index in [2.05, 4.69) is 5.32 Å². The van der Waals surface area contributed by atoms with Crippen LogP contribution in [-0.4, -0.2) is 29.7 Å². The van der Waals surface area contributed by atoms with Crippen molar-refractivity contribution in [1.82, 2.24) is 4.90 Å². The van der Waals surface area contributed by atoms with E-state index >= 15 is 0 Å². The van der Waals surface area contributed by atoms with Crippen LogP contribution >= 0.6 is 0 Å². The normalized spacial score (nSPS) is 12.8. The number of nitrogens with two attached hydrogens (primary N) is 1. The summed E-state index contributed by atoms with van der Waals surface area (Å²) in [5.74, 6) is -1.75. The molecule has 0 spiro atoms. The summed E-state index contributed by atoms with van der Waals surface area (Å²) < 4.78 is 0. The molecule has 1 aliphatic heterocycles. The number of hydrogen-bond donors (Lipinski definition) is 2. The molecule has 0 radical (unpaired) electrons. The van der Waals surface area contributed by atoms with Crippen LogP contribution in [0.2, 0.25) is 0 Å². The Balaban J connectivity index is 2.12. The van der Waals surface area contributed by atoms with Gasteiger partial charge in [-0.2, -0.15) is 0 Å². The van der Waals surface area contributed by atoms with Crippen LogP contribution in [0.4, 0.5) is 5.69 Å². The van der Waals surface area contributed by atoms with Crippen molar-refractivity contribution in [2.24, 2.45) is 5.73 Å². The number of carbonyl (C=O) groups is 3. The van der Waals surface area contributed by atoms with Gasteiger partial charge in [-0.05, 0) is 17.2 Å². The lowest BCUT2D eigenvalue weighted by Gasteiger charge is -2.15. The minimum atomic E-state index is -0.976. The summed E-state index contributed by atoms with van der Waals surface area (Å²) >= 11 is 0. The zero-order valence-electron chi connectivity index (χ0n) is 9.90. The maximum atomic E-state index is 11.3. The lowest BCUT2D eigenvalue weighted by Crippen LogP contribution is -2.37. The van der Waals surface area contributed by atoms with Gasteiger partial charge in [0.15, 0.2) is 0 Å².